The van der Waals surface area contributed by atoms with Gasteiger partial charge in [0.1, 0.15) is 0 Å². The van der Waals surface area contributed by atoms with Crippen molar-refractivity contribution in [3.05, 3.63) is 0 Å². The highest BCUT2D eigenvalue weighted by Crippen LogP contribution is 2.23. The quantitative estimate of drug-likeness (QED) is 0.373. The minimum atomic E-state index is -1.81. The molecule has 2 N–H and O–H groups in total. The molecular formula is C10H23Cl2NSi. The summed E-state index contributed by atoms with van der Waals surface area (Å²) in [5, 5.41) is 0. The zero-order valence-electron chi connectivity index (χ0n) is 9.20. The molecule has 0 aromatic rings. The van der Waals surface area contributed by atoms with Crippen LogP contribution >= 0.6 is 22.2 Å². The number of halogens is 2. The zero-order chi connectivity index (χ0) is 10.9. The summed E-state index contributed by atoms with van der Waals surface area (Å²) in [6.45, 7) is 1.02. The monoisotopic (exact) mass is 255 g/mol. The number of unbranched alkanes of at least 4 members (excludes halogenated alkanes) is 6. The van der Waals surface area contributed by atoms with Crippen LogP contribution in [0.4, 0.5) is 0 Å². The van der Waals surface area contributed by atoms with Crippen LogP contribution in [0.25, 0.3) is 0 Å². The van der Waals surface area contributed by atoms with Crippen molar-refractivity contribution in [3.8, 4) is 0 Å². The fourth-order valence-electron chi connectivity index (χ4n) is 1.46. The van der Waals surface area contributed by atoms with E-state index in [9.17, 15) is 0 Å². The van der Waals surface area contributed by atoms with Crippen molar-refractivity contribution in [2.45, 2.75) is 57.5 Å². The van der Waals surface area contributed by atoms with Gasteiger partial charge in [0.15, 0.2) is 0 Å². The highest BCUT2D eigenvalue weighted by Gasteiger charge is 2.19. The van der Waals surface area contributed by atoms with Crippen molar-refractivity contribution >= 4 is 28.9 Å². The van der Waals surface area contributed by atoms with E-state index in [1.807, 2.05) is 6.55 Å². The summed E-state index contributed by atoms with van der Waals surface area (Å²) in [4.78, 5) is 0. The number of hydrogen-bond donors (Lipinski definition) is 1. The zero-order valence-corrected chi connectivity index (χ0v) is 11.7. The molecule has 0 fully saturated rings. The minimum Gasteiger partial charge on any atom is -0.330 e. The van der Waals surface area contributed by atoms with E-state index in [-0.39, 0.29) is 0 Å². The van der Waals surface area contributed by atoms with Crippen LogP contribution < -0.4 is 5.73 Å². The third-order valence-electron chi connectivity index (χ3n) is 2.32. The van der Waals surface area contributed by atoms with Crippen LogP contribution in [-0.4, -0.2) is 13.2 Å². The van der Waals surface area contributed by atoms with Crippen LogP contribution in [0.15, 0.2) is 0 Å². The third kappa shape index (κ3) is 12.8. The van der Waals surface area contributed by atoms with Gasteiger partial charge in [-0.15, -0.1) is 22.2 Å². The second kappa shape index (κ2) is 9.02. The Morgan fingerprint density at radius 3 is 1.71 bits per heavy atom. The van der Waals surface area contributed by atoms with Crippen LogP contribution in [0, 0.1) is 0 Å². The predicted molar refractivity (Wildman–Crippen MR) is 69.5 cm³/mol. The largest absolute Gasteiger partial charge is 0.330 e. The highest BCUT2D eigenvalue weighted by atomic mass is 35.7. The van der Waals surface area contributed by atoms with Gasteiger partial charge < -0.3 is 5.73 Å². The first-order valence-corrected chi connectivity index (χ1v) is 10.4. The molecule has 0 heterocycles. The Bertz CT molecular complexity index is 126. The molecule has 0 bridgehead atoms. The fourth-order valence-corrected chi connectivity index (χ4v) is 3.14. The van der Waals surface area contributed by atoms with Gasteiger partial charge in [0, 0.05) is 0 Å². The van der Waals surface area contributed by atoms with E-state index >= 15 is 0 Å². The van der Waals surface area contributed by atoms with Gasteiger partial charge in [0.2, 0.25) is 6.69 Å². The molecule has 0 aromatic heterocycles. The molecule has 4 heteroatoms. The molecule has 0 aliphatic heterocycles. The molecule has 0 aromatic carbocycles. The van der Waals surface area contributed by atoms with E-state index in [4.69, 9.17) is 27.9 Å². The molecular weight excluding hydrogens is 233 g/mol. The van der Waals surface area contributed by atoms with Crippen molar-refractivity contribution in [2.75, 3.05) is 6.54 Å². The van der Waals surface area contributed by atoms with E-state index in [0.29, 0.717) is 0 Å². The SMILES string of the molecule is C[Si](Cl)(Cl)CCCCCCCCCN. The topological polar surface area (TPSA) is 26.0 Å². The van der Waals surface area contributed by atoms with Gasteiger partial charge in [-0.3, -0.25) is 0 Å². The summed E-state index contributed by atoms with van der Waals surface area (Å²) < 4.78 is 0. The van der Waals surface area contributed by atoms with Gasteiger partial charge in [0.05, 0.1) is 0 Å². The summed E-state index contributed by atoms with van der Waals surface area (Å²) >= 11 is 12.0. The van der Waals surface area contributed by atoms with Gasteiger partial charge in [-0.25, -0.2) is 0 Å². The van der Waals surface area contributed by atoms with E-state index in [2.05, 4.69) is 0 Å². The first-order chi connectivity index (χ1) is 6.56. The molecule has 14 heavy (non-hydrogen) atoms. The van der Waals surface area contributed by atoms with Crippen molar-refractivity contribution < 1.29 is 0 Å². The Morgan fingerprint density at radius 2 is 1.29 bits per heavy atom. The predicted octanol–water partition coefficient (Wildman–Crippen LogP) is 4.23. The van der Waals surface area contributed by atoms with Gasteiger partial charge in [0.25, 0.3) is 0 Å². The summed E-state index contributed by atoms with van der Waals surface area (Å²) in [7, 11) is 0. The van der Waals surface area contributed by atoms with Crippen LogP contribution in [0.1, 0.15) is 44.9 Å². The van der Waals surface area contributed by atoms with Crippen molar-refractivity contribution in [1.29, 1.82) is 0 Å². The maximum Gasteiger partial charge on any atom is 0.248 e. The van der Waals surface area contributed by atoms with Gasteiger partial charge in [-0.1, -0.05) is 38.5 Å². The normalized spacial score (nSPS) is 12.0. The molecule has 0 radical (unpaired) electrons. The number of hydrogen-bond acceptors (Lipinski definition) is 1. The Hall–Kier alpha value is 0.757. The lowest BCUT2D eigenvalue weighted by Crippen LogP contribution is -2.11. The Morgan fingerprint density at radius 1 is 0.857 bits per heavy atom. The van der Waals surface area contributed by atoms with Crippen molar-refractivity contribution in [2.24, 2.45) is 5.73 Å². The second-order valence-corrected chi connectivity index (χ2v) is 12.3. The first kappa shape index (κ1) is 14.8. The Labute approximate surface area is 98.8 Å². The summed E-state index contributed by atoms with van der Waals surface area (Å²) in [6, 6.07) is 1.04. The molecule has 0 amide bonds. The van der Waals surface area contributed by atoms with E-state index < -0.39 is 6.69 Å². The average Bonchev–Trinajstić information content (AvgIpc) is 2.08. The number of nitrogens with two attached hydrogens (primary N) is 1. The van der Waals surface area contributed by atoms with E-state index in [1.165, 1.54) is 44.9 Å². The summed E-state index contributed by atoms with van der Waals surface area (Å²) in [5.74, 6) is 0. The standard InChI is InChI=1S/C10H23Cl2NSi/c1-14(11,12)10-8-6-4-2-3-5-7-9-13/h2-10,13H2,1H3. The fraction of sp³-hybridized carbons (Fsp3) is 1.00. The van der Waals surface area contributed by atoms with Crippen molar-refractivity contribution in [1.82, 2.24) is 0 Å². The summed E-state index contributed by atoms with van der Waals surface area (Å²) in [5.41, 5.74) is 5.41. The van der Waals surface area contributed by atoms with E-state index in [1.54, 1.807) is 0 Å². The first-order valence-electron chi connectivity index (χ1n) is 5.64. The maximum absolute atomic E-state index is 6.00. The van der Waals surface area contributed by atoms with E-state index in [0.717, 1.165) is 12.6 Å². The lowest BCUT2D eigenvalue weighted by Gasteiger charge is -2.08. The lowest BCUT2D eigenvalue weighted by atomic mass is 10.1. The molecule has 0 aliphatic rings. The van der Waals surface area contributed by atoms with Gasteiger partial charge in [-0.05, 0) is 25.6 Å². The lowest BCUT2D eigenvalue weighted by molar-refractivity contribution is 0.592. The average molecular weight is 256 g/mol. The smallest absolute Gasteiger partial charge is 0.248 e. The maximum atomic E-state index is 6.00. The van der Waals surface area contributed by atoms with Crippen molar-refractivity contribution in [3.63, 3.8) is 0 Å². The molecule has 0 spiro atoms. The Balaban J connectivity index is 2.99. The molecule has 0 atom stereocenters. The highest BCUT2D eigenvalue weighted by molar-refractivity contribution is 7.44. The third-order valence-corrected chi connectivity index (χ3v) is 4.69. The molecule has 0 saturated carbocycles. The molecule has 0 unspecified atom stereocenters. The molecule has 0 saturated heterocycles. The molecule has 0 rings (SSSR count). The van der Waals surface area contributed by atoms with Crippen LogP contribution in [0.2, 0.25) is 12.6 Å². The van der Waals surface area contributed by atoms with Gasteiger partial charge >= 0.3 is 0 Å². The second-order valence-electron chi connectivity index (χ2n) is 4.08. The van der Waals surface area contributed by atoms with Crippen LogP contribution in [-0.2, 0) is 0 Å². The van der Waals surface area contributed by atoms with Crippen LogP contribution in [0.5, 0.6) is 0 Å². The number of rotatable bonds is 9. The molecule has 0 aliphatic carbocycles. The minimum absolute atomic E-state index is 0.836. The Kier molecular flexibility index (Phi) is 9.50. The van der Waals surface area contributed by atoms with Crippen LogP contribution in [0.3, 0.4) is 0 Å². The summed E-state index contributed by atoms with van der Waals surface area (Å²) in [6.07, 6.45) is 8.93. The molecule has 1 nitrogen and oxygen atoms in total. The van der Waals surface area contributed by atoms with Gasteiger partial charge in [-0.2, -0.15) is 0 Å². The molecule has 86 valence electrons.